The topological polar surface area (TPSA) is 65.1 Å². The maximum atomic E-state index is 12.2. The van der Waals surface area contributed by atoms with Gasteiger partial charge in [0.25, 0.3) is 0 Å². The highest BCUT2D eigenvalue weighted by molar-refractivity contribution is 6.35. The first kappa shape index (κ1) is 26.2. The van der Waals surface area contributed by atoms with Crippen molar-refractivity contribution in [1.82, 2.24) is 25.0 Å². The summed E-state index contributed by atoms with van der Waals surface area (Å²) in [7, 11) is 0. The van der Waals surface area contributed by atoms with Gasteiger partial charge in [-0.2, -0.15) is 5.10 Å². The van der Waals surface area contributed by atoms with Gasteiger partial charge in [-0.05, 0) is 67.2 Å². The fourth-order valence-corrected chi connectivity index (χ4v) is 6.42. The number of likely N-dealkylation sites (tertiary alicyclic amines) is 1. The van der Waals surface area contributed by atoms with Gasteiger partial charge in [0.15, 0.2) is 0 Å². The monoisotopic (exact) mass is 529 g/mol. The highest BCUT2D eigenvalue weighted by Gasteiger charge is 2.39. The number of allylic oxidation sites excluding steroid dienone is 2. The molecule has 3 aromatic rings. The molecule has 1 aromatic carbocycles. The molecule has 7 heteroatoms. The van der Waals surface area contributed by atoms with E-state index >= 15 is 0 Å². The lowest BCUT2D eigenvalue weighted by molar-refractivity contribution is -0.133. The van der Waals surface area contributed by atoms with Crippen LogP contribution in [0.5, 0.6) is 0 Å². The Hall–Kier alpha value is -3.38. The molecule has 1 fully saturated rings. The molecule has 2 atom stereocenters. The molecule has 2 aromatic heterocycles. The fourth-order valence-electron chi connectivity index (χ4n) is 6.11. The largest absolute Gasteiger partial charge is 0.345 e. The second kappa shape index (κ2) is 10.4. The molecule has 1 amide bonds. The predicted molar refractivity (Wildman–Crippen MR) is 155 cm³/mol. The van der Waals surface area contributed by atoms with Crippen LogP contribution in [-0.4, -0.2) is 50.0 Å². The smallest absolute Gasteiger partial charge is 0.245 e. The summed E-state index contributed by atoms with van der Waals surface area (Å²) in [4.78, 5) is 21.2. The third-order valence-electron chi connectivity index (χ3n) is 8.05. The first-order valence-electron chi connectivity index (χ1n) is 13.4. The molecule has 1 N–H and O–H groups in total. The summed E-state index contributed by atoms with van der Waals surface area (Å²) in [5.74, 6) is 0.773. The summed E-state index contributed by atoms with van der Waals surface area (Å²) >= 11 is 6.61. The van der Waals surface area contributed by atoms with Crippen LogP contribution in [-0.2, 0) is 4.79 Å². The van der Waals surface area contributed by atoms with Crippen LogP contribution < -0.4 is 0 Å². The maximum Gasteiger partial charge on any atom is 0.245 e. The lowest BCUT2D eigenvalue weighted by Gasteiger charge is -2.48. The van der Waals surface area contributed by atoms with Gasteiger partial charge in [-0.15, -0.1) is 0 Å². The zero-order valence-electron chi connectivity index (χ0n) is 22.8. The third kappa shape index (κ3) is 4.45. The van der Waals surface area contributed by atoms with Crippen molar-refractivity contribution >= 4 is 34.1 Å². The molecular weight excluding hydrogens is 494 g/mol. The van der Waals surface area contributed by atoms with Crippen LogP contribution in [0.25, 0.3) is 16.6 Å². The van der Waals surface area contributed by atoms with Gasteiger partial charge >= 0.3 is 0 Å². The van der Waals surface area contributed by atoms with Crippen molar-refractivity contribution in [3.05, 3.63) is 88.5 Å². The average Bonchev–Trinajstić information content (AvgIpc) is 3.36. The Balaban J connectivity index is 1.64. The number of fused-ring (bicyclic) bond motifs is 1. The lowest BCUT2D eigenvalue weighted by atomic mass is 9.83. The molecule has 198 valence electrons. The SMILES string of the molecule is C=CC(=O)N1CC(C(CC)N2C=CC(c3c(C)ccnc3C(C)C)C=C2c2c(C)cc(Cl)c3[nH]ncc23)C1. The number of rotatable bonds is 7. The minimum absolute atomic E-state index is 0.00281. The van der Waals surface area contributed by atoms with E-state index in [0.29, 0.717) is 16.9 Å². The molecule has 0 radical (unpaired) electrons. The van der Waals surface area contributed by atoms with Crippen molar-refractivity contribution in [3.8, 4) is 0 Å². The Labute approximate surface area is 230 Å². The number of nitrogens with zero attached hydrogens (tertiary/aromatic N) is 4. The third-order valence-corrected chi connectivity index (χ3v) is 8.34. The summed E-state index contributed by atoms with van der Waals surface area (Å²) in [5, 5.41) is 9.11. The van der Waals surface area contributed by atoms with E-state index in [1.807, 2.05) is 23.4 Å². The number of pyridine rings is 1. The number of nitrogens with one attached hydrogen (secondary N) is 1. The number of hydrogen-bond donors (Lipinski definition) is 1. The average molecular weight is 530 g/mol. The van der Waals surface area contributed by atoms with E-state index in [-0.39, 0.29) is 17.9 Å². The first-order valence-corrected chi connectivity index (χ1v) is 13.8. The van der Waals surface area contributed by atoms with Crippen LogP contribution in [0.4, 0.5) is 0 Å². The van der Waals surface area contributed by atoms with Gasteiger partial charge in [0.2, 0.25) is 5.91 Å². The molecule has 1 saturated heterocycles. The first-order chi connectivity index (χ1) is 18.2. The summed E-state index contributed by atoms with van der Waals surface area (Å²) in [6.07, 6.45) is 13.1. The van der Waals surface area contributed by atoms with E-state index in [1.54, 1.807) is 0 Å². The maximum absolute atomic E-state index is 12.2. The molecule has 5 rings (SSSR count). The second-order valence-corrected chi connectivity index (χ2v) is 11.2. The molecule has 6 nitrogen and oxygen atoms in total. The van der Waals surface area contributed by atoms with Crippen molar-refractivity contribution in [2.24, 2.45) is 5.92 Å². The van der Waals surface area contributed by atoms with Crippen LogP contribution in [0, 0.1) is 19.8 Å². The van der Waals surface area contributed by atoms with Crippen molar-refractivity contribution in [1.29, 1.82) is 0 Å². The highest BCUT2D eigenvalue weighted by atomic mass is 35.5. The summed E-state index contributed by atoms with van der Waals surface area (Å²) in [6.45, 7) is 16.1. The highest BCUT2D eigenvalue weighted by Crippen LogP contribution is 2.42. The van der Waals surface area contributed by atoms with Crippen LogP contribution in [0.3, 0.4) is 0 Å². The summed E-state index contributed by atoms with van der Waals surface area (Å²) < 4.78 is 0. The van der Waals surface area contributed by atoms with Gasteiger partial charge in [-0.25, -0.2) is 0 Å². The molecule has 0 bridgehead atoms. The molecule has 0 saturated carbocycles. The van der Waals surface area contributed by atoms with Crippen molar-refractivity contribution in [2.75, 3.05) is 13.1 Å². The normalized spacial score (nSPS) is 18.6. The van der Waals surface area contributed by atoms with E-state index in [9.17, 15) is 4.79 Å². The van der Waals surface area contributed by atoms with E-state index < -0.39 is 0 Å². The van der Waals surface area contributed by atoms with Crippen LogP contribution in [0.2, 0.25) is 5.02 Å². The van der Waals surface area contributed by atoms with Crippen LogP contribution in [0.1, 0.15) is 67.0 Å². The second-order valence-electron chi connectivity index (χ2n) is 10.8. The van der Waals surface area contributed by atoms with Crippen molar-refractivity contribution in [3.63, 3.8) is 0 Å². The van der Waals surface area contributed by atoms with Gasteiger partial charge in [0.1, 0.15) is 0 Å². The molecule has 38 heavy (non-hydrogen) atoms. The van der Waals surface area contributed by atoms with Gasteiger partial charge < -0.3 is 9.80 Å². The number of carbonyl (C=O) groups excluding carboxylic acids is 1. The Kier molecular flexibility index (Phi) is 7.19. The van der Waals surface area contributed by atoms with E-state index in [4.69, 9.17) is 16.6 Å². The zero-order valence-corrected chi connectivity index (χ0v) is 23.6. The number of aryl methyl sites for hydroxylation is 2. The molecular formula is C31H36ClN5O. The van der Waals surface area contributed by atoms with E-state index in [2.05, 4.69) is 80.7 Å². The number of aromatic nitrogens is 3. The minimum atomic E-state index is 0.00281. The fraction of sp³-hybridized carbons (Fsp3) is 0.387. The zero-order chi connectivity index (χ0) is 27.1. The molecule has 0 aliphatic carbocycles. The number of amides is 1. The Morgan fingerprint density at radius 1 is 1.29 bits per heavy atom. The molecule has 0 spiro atoms. The van der Waals surface area contributed by atoms with Gasteiger partial charge in [0, 0.05) is 65.7 Å². The minimum Gasteiger partial charge on any atom is -0.345 e. The van der Waals surface area contributed by atoms with Gasteiger partial charge in [0.05, 0.1) is 16.7 Å². The lowest BCUT2D eigenvalue weighted by Crippen LogP contribution is -2.57. The molecule has 2 aliphatic rings. The summed E-state index contributed by atoms with van der Waals surface area (Å²) in [5.41, 5.74) is 7.88. The number of benzene rings is 1. The molecule has 2 aliphatic heterocycles. The van der Waals surface area contributed by atoms with Crippen molar-refractivity contribution in [2.45, 2.75) is 58.9 Å². The standard InChI is InChI=1S/C31H36ClN5O/c1-7-25(22-16-36(17-22)27(38)8-2)37-12-10-21(28-19(5)9-11-33-30(28)18(3)4)14-26(37)29-20(6)13-24(32)31-23(29)15-34-35-31/h8-15,18,21-22,25H,2,7,16-17H2,1,3-6H3,(H,34,35). The number of aromatic amines is 1. The Morgan fingerprint density at radius 2 is 2.05 bits per heavy atom. The number of hydrogen-bond acceptors (Lipinski definition) is 4. The quantitative estimate of drug-likeness (QED) is 0.345. The molecule has 2 unspecified atom stereocenters. The predicted octanol–water partition coefficient (Wildman–Crippen LogP) is 6.73. The number of carbonyl (C=O) groups is 1. The van der Waals surface area contributed by atoms with Crippen LogP contribution >= 0.6 is 11.6 Å². The molecule has 4 heterocycles. The van der Waals surface area contributed by atoms with Crippen LogP contribution in [0.15, 0.2) is 55.5 Å². The Morgan fingerprint density at radius 3 is 2.74 bits per heavy atom. The Bertz CT molecular complexity index is 1450. The van der Waals surface area contributed by atoms with Gasteiger partial charge in [-0.3, -0.25) is 14.9 Å². The van der Waals surface area contributed by atoms with E-state index in [1.165, 1.54) is 17.2 Å². The van der Waals surface area contributed by atoms with Crippen molar-refractivity contribution < 1.29 is 4.79 Å². The summed E-state index contributed by atoms with van der Waals surface area (Å²) in [6, 6.07) is 4.36. The number of H-pyrrole nitrogens is 1. The van der Waals surface area contributed by atoms with Gasteiger partial charge in [-0.1, -0.05) is 45.0 Å². The van der Waals surface area contributed by atoms with E-state index in [0.717, 1.165) is 52.9 Å². The number of halogens is 1.